The van der Waals surface area contributed by atoms with Gasteiger partial charge in [-0.1, -0.05) is 13.3 Å². The van der Waals surface area contributed by atoms with Gasteiger partial charge >= 0.3 is 5.97 Å². The summed E-state index contributed by atoms with van der Waals surface area (Å²) in [5.74, 6) is 4.40. The van der Waals surface area contributed by atoms with Gasteiger partial charge in [0.05, 0.1) is 6.61 Å². The monoisotopic (exact) mass is 192 g/mol. The number of nitrogens with two attached hydrogens (primary N) is 1. The van der Waals surface area contributed by atoms with Crippen LogP contribution in [-0.2, 0) is 9.53 Å². The fraction of sp³-hybridized carbons (Fsp3) is 0.875. The third kappa shape index (κ3) is 18.4. The Bertz CT molecular complexity index is 106. The SMILES string of the molecule is CCCCNN.CCOC(=O)CO. The molecule has 0 rings (SSSR count). The highest BCUT2D eigenvalue weighted by Gasteiger charge is 1.92. The van der Waals surface area contributed by atoms with E-state index in [1.165, 1.54) is 12.8 Å². The van der Waals surface area contributed by atoms with E-state index in [2.05, 4.69) is 17.1 Å². The van der Waals surface area contributed by atoms with Gasteiger partial charge in [0.1, 0.15) is 6.61 Å². The largest absolute Gasteiger partial charge is 0.464 e. The lowest BCUT2D eigenvalue weighted by molar-refractivity contribution is -0.146. The summed E-state index contributed by atoms with van der Waals surface area (Å²) in [6.07, 6.45) is 2.39. The number of carbonyl (C=O) groups excluding carboxylic acids is 1. The minimum atomic E-state index is -0.567. The molecule has 0 aromatic rings. The minimum absolute atomic E-state index is 0.333. The van der Waals surface area contributed by atoms with Crippen molar-refractivity contribution in [1.29, 1.82) is 0 Å². The number of rotatable bonds is 5. The molecule has 80 valence electrons. The fourth-order valence-corrected chi connectivity index (χ4v) is 0.485. The standard InChI is InChI=1S/C4H12N2.C4H8O3/c1-2-3-4-6-5;1-2-7-4(6)3-5/h6H,2-5H2,1H3;5H,2-3H2,1H3. The Morgan fingerprint density at radius 1 is 1.54 bits per heavy atom. The average Bonchev–Trinajstić information content (AvgIpc) is 2.16. The number of hydrogen-bond donors (Lipinski definition) is 3. The highest BCUT2D eigenvalue weighted by Crippen LogP contribution is 1.78. The first-order valence-electron chi connectivity index (χ1n) is 4.42. The number of unbranched alkanes of at least 4 members (excludes halogenated alkanes) is 1. The zero-order valence-electron chi connectivity index (χ0n) is 8.38. The van der Waals surface area contributed by atoms with Gasteiger partial charge in [-0.05, 0) is 13.3 Å². The molecule has 5 nitrogen and oxygen atoms in total. The molecule has 0 amide bonds. The van der Waals surface area contributed by atoms with E-state index in [0.717, 1.165) is 6.54 Å². The second kappa shape index (κ2) is 13.9. The molecule has 0 radical (unpaired) electrons. The molecule has 4 N–H and O–H groups in total. The number of hydrazine groups is 1. The van der Waals surface area contributed by atoms with Crippen LogP contribution in [0.3, 0.4) is 0 Å². The quantitative estimate of drug-likeness (QED) is 0.243. The van der Waals surface area contributed by atoms with E-state index >= 15 is 0 Å². The van der Waals surface area contributed by atoms with Gasteiger partial charge in [-0.15, -0.1) is 0 Å². The van der Waals surface area contributed by atoms with Gasteiger partial charge in [0.25, 0.3) is 0 Å². The summed E-state index contributed by atoms with van der Waals surface area (Å²) in [4.78, 5) is 9.94. The summed E-state index contributed by atoms with van der Waals surface area (Å²) in [5, 5.41) is 7.99. The van der Waals surface area contributed by atoms with Crippen molar-refractivity contribution >= 4 is 5.97 Å². The molecule has 0 saturated heterocycles. The molecule has 0 saturated carbocycles. The summed E-state index contributed by atoms with van der Waals surface area (Å²) >= 11 is 0. The van der Waals surface area contributed by atoms with E-state index in [1.54, 1.807) is 6.92 Å². The Morgan fingerprint density at radius 2 is 2.15 bits per heavy atom. The van der Waals surface area contributed by atoms with E-state index in [4.69, 9.17) is 10.9 Å². The molecule has 0 bridgehead atoms. The molecule has 0 fully saturated rings. The molecule has 0 unspecified atom stereocenters. The lowest BCUT2D eigenvalue weighted by atomic mass is 10.3. The summed E-state index contributed by atoms with van der Waals surface area (Å²) < 4.78 is 4.30. The predicted molar refractivity (Wildman–Crippen MR) is 50.8 cm³/mol. The number of nitrogens with one attached hydrogen (secondary N) is 1. The van der Waals surface area contributed by atoms with Crippen LogP contribution in [0.15, 0.2) is 0 Å². The number of hydrogen-bond acceptors (Lipinski definition) is 5. The first-order chi connectivity index (χ1) is 6.22. The van der Waals surface area contributed by atoms with Crippen LogP contribution < -0.4 is 11.3 Å². The molecule has 0 spiro atoms. The van der Waals surface area contributed by atoms with Crippen molar-refractivity contribution in [1.82, 2.24) is 5.43 Å². The van der Waals surface area contributed by atoms with Crippen LogP contribution >= 0.6 is 0 Å². The Hall–Kier alpha value is -0.650. The number of aliphatic hydroxyl groups is 1. The van der Waals surface area contributed by atoms with Gasteiger partial charge in [0.15, 0.2) is 0 Å². The summed E-state index contributed by atoms with van der Waals surface area (Å²) in [6.45, 7) is 4.58. The topological polar surface area (TPSA) is 84.6 Å². The third-order valence-electron chi connectivity index (χ3n) is 1.11. The summed E-state index contributed by atoms with van der Waals surface area (Å²) in [6, 6.07) is 0. The van der Waals surface area contributed by atoms with Crippen LogP contribution in [0, 0.1) is 0 Å². The Labute approximate surface area is 79.2 Å². The Morgan fingerprint density at radius 3 is 2.31 bits per heavy atom. The molecular formula is C8H20N2O3. The van der Waals surface area contributed by atoms with Crippen molar-refractivity contribution < 1.29 is 14.6 Å². The number of ether oxygens (including phenoxy) is 1. The van der Waals surface area contributed by atoms with Crippen LogP contribution in [-0.4, -0.2) is 30.8 Å². The molecule has 0 aliphatic carbocycles. The Balaban J connectivity index is 0. The van der Waals surface area contributed by atoms with Crippen molar-refractivity contribution in [2.45, 2.75) is 26.7 Å². The second-order valence-electron chi connectivity index (χ2n) is 2.27. The van der Waals surface area contributed by atoms with Crippen molar-refractivity contribution in [3.8, 4) is 0 Å². The zero-order valence-corrected chi connectivity index (χ0v) is 8.38. The molecule has 0 heterocycles. The highest BCUT2D eigenvalue weighted by atomic mass is 16.5. The summed E-state index contributed by atoms with van der Waals surface area (Å²) in [7, 11) is 0. The highest BCUT2D eigenvalue weighted by molar-refractivity contribution is 5.70. The number of esters is 1. The van der Waals surface area contributed by atoms with Crippen molar-refractivity contribution in [2.75, 3.05) is 19.8 Å². The molecule has 0 aliphatic rings. The van der Waals surface area contributed by atoms with E-state index in [9.17, 15) is 4.79 Å². The second-order valence-corrected chi connectivity index (χ2v) is 2.27. The Kier molecular flexibility index (Phi) is 15.9. The van der Waals surface area contributed by atoms with E-state index in [1.807, 2.05) is 0 Å². The maximum atomic E-state index is 9.94. The minimum Gasteiger partial charge on any atom is -0.464 e. The average molecular weight is 192 g/mol. The number of aliphatic hydroxyl groups excluding tert-OH is 1. The number of carbonyl (C=O) groups is 1. The molecular weight excluding hydrogens is 172 g/mol. The molecule has 0 aromatic heterocycles. The third-order valence-corrected chi connectivity index (χ3v) is 1.11. The first-order valence-corrected chi connectivity index (χ1v) is 4.42. The zero-order chi connectivity index (χ0) is 10.5. The predicted octanol–water partition coefficient (Wildman–Crippen LogP) is -0.208. The van der Waals surface area contributed by atoms with E-state index in [-0.39, 0.29) is 0 Å². The lowest BCUT2D eigenvalue weighted by Gasteiger charge is -1.93. The smallest absolute Gasteiger partial charge is 0.331 e. The molecule has 0 atom stereocenters. The normalized spacial score (nSPS) is 8.62. The maximum Gasteiger partial charge on any atom is 0.331 e. The maximum absolute atomic E-state index is 9.94. The van der Waals surface area contributed by atoms with Crippen LogP contribution in [0.25, 0.3) is 0 Å². The fourth-order valence-electron chi connectivity index (χ4n) is 0.485. The van der Waals surface area contributed by atoms with Crippen LogP contribution in [0.5, 0.6) is 0 Å². The van der Waals surface area contributed by atoms with Gasteiger partial charge in [0.2, 0.25) is 0 Å². The summed E-state index contributed by atoms with van der Waals surface area (Å²) in [5.41, 5.74) is 2.57. The molecule has 0 aliphatic heterocycles. The van der Waals surface area contributed by atoms with Gasteiger partial charge in [-0.25, -0.2) is 4.79 Å². The lowest BCUT2D eigenvalue weighted by Crippen LogP contribution is -2.22. The van der Waals surface area contributed by atoms with Crippen LogP contribution in [0.1, 0.15) is 26.7 Å². The van der Waals surface area contributed by atoms with Crippen molar-refractivity contribution in [3.63, 3.8) is 0 Å². The van der Waals surface area contributed by atoms with E-state index < -0.39 is 12.6 Å². The van der Waals surface area contributed by atoms with Crippen molar-refractivity contribution in [3.05, 3.63) is 0 Å². The van der Waals surface area contributed by atoms with Gasteiger partial charge < -0.3 is 9.84 Å². The molecule has 5 heteroatoms. The van der Waals surface area contributed by atoms with Crippen LogP contribution in [0.2, 0.25) is 0 Å². The first kappa shape index (κ1) is 14.9. The molecule has 0 aromatic carbocycles. The van der Waals surface area contributed by atoms with Gasteiger partial charge in [-0.3, -0.25) is 11.3 Å². The van der Waals surface area contributed by atoms with Crippen LogP contribution in [0.4, 0.5) is 0 Å². The van der Waals surface area contributed by atoms with Gasteiger partial charge in [-0.2, -0.15) is 0 Å². The van der Waals surface area contributed by atoms with E-state index in [0.29, 0.717) is 6.61 Å². The van der Waals surface area contributed by atoms with Crippen molar-refractivity contribution in [2.24, 2.45) is 5.84 Å². The molecule has 13 heavy (non-hydrogen) atoms. The van der Waals surface area contributed by atoms with Gasteiger partial charge in [0, 0.05) is 6.54 Å².